The molecule has 0 spiro atoms. The van der Waals surface area contributed by atoms with E-state index >= 15 is 0 Å². The van der Waals surface area contributed by atoms with Gasteiger partial charge in [-0.1, -0.05) is 26.0 Å². The third kappa shape index (κ3) is 4.46. The summed E-state index contributed by atoms with van der Waals surface area (Å²) in [5.74, 6) is -0.00927. The Morgan fingerprint density at radius 2 is 1.90 bits per heavy atom. The van der Waals surface area contributed by atoms with Gasteiger partial charge in [0.05, 0.1) is 7.11 Å². The lowest BCUT2D eigenvalue weighted by molar-refractivity contribution is -0.150. The van der Waals surface area contributed by atoms with E-state index in [1.165, 1.54) is 0 Å². The maximum Gasteiger partial charge on any atom is 0.324 e. The van der Waals surface area contributed by atoms with E-state index in [0.717, 1.165) is 37.2 Å². The predicted octanol–water partition coefficient (Wildman–Crippen LogP) is 3.20. The van der Waals surface area contributed by atoms with E-state index in [-0.39, 0.29) is 0 Å². The molecule has 0 amide bonds. The van der Waals surface area contributed by atoms with Crippen LogP contribution in [0.4, 0.5) is 0 Å². The van der Waals surface area contributed by atoms with Gasteiger partial charge in [0.15, 0.2) is 0 Å². The highest BCUT2D eigenvalue weighted by atomic mass is 16.5. The molecule has 21 heavy (non-hydrogen) atoms. The van der Waals surface area contributed by atoms with Gasteiger partial charge in [-0.2, -0.15) is 0 Å². The summed E-state index contributed by atoms with van der Waals surface area (Å²) >= 11 is 0. The van der Waals surface area contributed by atoms with Gasteiger partial charge in [-0.3, -0.25) is 9.69 Å². The average molecular weight is 293 g/mol. The topological polar surface area (TPSA) is 49.8 Å². The van der Waals surface area contributed by atoms with Crippen LogP contribution < -0.4 is 4.74 Å². The van der Waals surface area contributed by atoms with E-state index in [1.54, 1.807) is 7.11 Å². The van der Waals surface area contributed by atoms with Crippen LogP contribution in [0.3, 0.4) is 0 Å². The molecular formula is C17H27NO3. The quantitative estimate of drug-likeness (QED) is 0.759. The van der Waals surface area contributed by atoms with Gasteiger partial charge in [0.2, 0.25) is 0 Å². The summed E-state index contributed by atoms with van der Waals surface area (Å²) in [5, 5.41) is 9.77. The second-order valence-corrected chi connectivity index (χ2v) is 5.59. The number of ether oxygens (including phenoxy) is 1. The zero-order valence-corrected chi connectivity index (χ0v) is 13.6. The Morgan fingerprint density at radius 3 is 2.38 bits per heavy atom. The van der Waals surface area contributed by atoms with Crippen molar-refractivity contribution < 1.29 is 14.6 Å². The van der Waals surface area contributed by atoms with Crippen LogP contribution in [-0.4, -0.2) is 41.7 Å². The molecule has 0 fully saturated rings. The molecule has 0 aliphatic rings. The fraction of sp³-hybridized carbons (Fsp3) is 0.588. The molecule has 0 saturated carbocycles. The van der Waals surface area contributed by atoms with Crippen LogP contribution >= 0.6 is 0 Å². The number of methoxy groups -OCH3 is 1. The monoisotopic (exact) mass is 293 g/mol. The first-order valence-electron chi connectivity index (χ1n) is 7.59. The van der Waals surface area contributed by atoms with Crippen LogP contribution in [0.5, 0.6) is 5.75 Å². The molecule has 4 heteroatoms. The Kier molecular flexibility index (Phi) is 6.69. The van der Waals surface area contributed by atoms with Crippen LogP contribution in [0.25, 0.3) is 0 Å². The molecule has 0 bridgehead atoms. The molecule has 0 aliphatic carbocycles. The van der Waals surface area contributed by atoms with Gasteiger partial charge in [0, 0.05) is 6.42 Å². The maximum absolute atomic E-state index is 11.9. The number of rotatable bonds is 9. The van der Waals surface area contributed by atoms with Crippen molar-refractivity contribution in [1.29, 1.82) is 0 Å². The van der Waals surface area contributed by atoms with Crippen molar-refractivity contribution in [3.05, 3.63) is 29.8 Å². The fourth-order valence-electron chi connectivity index (χ4n) is 2.65. The zero-order valence-electron chi connectivity index (χ0n) is 13.6. The summed E-state index contributed by atoms with van der Waals surface area (Å²) in [7, 11) is 1.62. The Labute approximate surface area is 127 Å². The molecule has 1 rings (SSSR count). The standard InChI is InChI=1S/C17H27NO3/c1-5-10-18(11-6-2)17(3,16(19)20)13-14-8-7-9-15(12-14)21-4/h7-9,12H,5-6,10-11,13H2,1-4H3,(H,19,20). The van der Waals surface area contributed by atoms with Gasteiger partial charge in [0.25, 0.3) is 0 Å². The minimum absolute atomic E-state index is 0.472. The Hall–Kier alpha value is -1.55. The van der Waals surface area contributed by atoms with Gasteiger partial charge in [-0.05, 0) is 50.6 Å². The molecule has 1 atom stereocenters. The first-order valence-corrected chi connectivity index (χ1v) is 7.59. The number of carboxylic acids is 1. The van der Waals surface area contributed by atoms with Crippen molar-refractivity contribution in [2.24, 2.45) is 0 Å². The van der Waals surface area contributed by atoms with Crippen molar-refractivity contribution in [3.63, 3.8) is 0 Å². The van der Waals surface area contributed by atoms with Gasteiger partial charge in [-0.25, -0.2) is 0 Å². The summed E-state index contributed by atoms with van der Waals surface area (Å²) in [6.07, 6.45) is 2.36. The van der Waals surface area contributed by atoms with E-state index in [0.29, 0.717) is 6.42 Å². The normalized spacial score (nSPS) is 14.0. The van der Waals surface area contributed by atoms with Gasteiger partial charge >= 0.3 is 5.97 Å². The van der Waals surface area contributed by atoms with Crippen molar-refractivity contribution in [1.82, 2.24) is 4.90 Å². The number of carbonyl (C=O) groups is 1. The Morgan fingerprint density at radius 1 is 1.29 bits per heavy atom. The van der Waals surface area contributed by atoms with Gasteiger partial charge in [-0.15, -0.1) is 0 Å². The first kappa shape index (κ1) is 17.5. The van der Waals surface area contributed by atoms with Crippen molar-refractivity contribution >= 4 is 5.97 Å². The molecule has 118 valence electrons. The second-order valence-electron chi connectivity index (χ2n) is 5.59. The molecule has 0 saturated heterocycles. The van der Waals surface area contributed by atoms with E-state index in [1.807, 2.05) is 31.2 Å². The summed E-state index contributed by atoms with van der Waals surface area (Å²) in [6.45, 7) is 7.56. The van der Waals surface area contributed by atoms with Crippen LogP contribution in [0, 0.1) is 0 Å². The first-order chi connectivity index (χ1) is 9.97. The Bertz CT molecular complexity index is 455. The lowest BCUT2D eigenvalue weighted by Crippen LogP contribution is -2.54. The summed E-state index contributed by atoms with van der Waals surface area (Å²) < 4.78 is 5.22. The van der Waals surface area contributed by atoms with E-state index < -0.39 is 11.5 Å². The average Bonchev–Trinajstić information content (AvgIpc) is 2.47. The highest BCUT2D eigenvalue weighted by Gasteiger charge is 2.38. The smallest absolute Gasteiger partial charge is 0.324 e. The summed E-state index contributed by atoms with van der Waals surface area (Å²) in [6, 6.07) is 7.65. The second kappa shape index (κ2) is 8.03. The minimum atomic E-state index is -0.890. The molecule has 0 aromatic heterocycles. The number of hydrogen-bond donors (Lipinski definition) is 1. The molecule has 0 heterocycles. The van der Waals surface area contributed by atoms with Crippen LogP contribution in [-0.2, 0) is 11.2 Å². The van der Waals surface area contributed by atoms with E-state index in [2.05, 4.69) is 18.7 Å². The van der Waals surface area contributed by atoms with Gasteiger partial charge in [0.1, 0.15) is 11.3 Å². The zero-order chi connectivity index (χ0) is 15.9. The number of carboxylic acid groups (broad SMARTS) is 1. The number of benzene rings is 1. The summed E-state index contributed by atoms with van der Waals surface area (Å²) in [5.41, 5.74) is 0.0923. The number of nitrogens with zero attached hydrogens (tertiary/aromatic N) is 1. The highest BCUT2D eigenvalue weighted by molar-refractivity contribution is 5.78. The van der Waals surface area contributed by atoms with E-state index in [9.17, 15) is 9.90 Å². The van der Waals surface area contributed by atoms with Crippen LogP contribution in [0.15, 0.2) is 24.3 Å². The lowest BCUT2D eigenvalue weighted by Gasteiger charge is -2.38. The molecule has 0 radical (unpaired) electrons. The molecular weight excluding hydrogens is 266 g/mol. The molecule has 1 aromatic rings. The lowest BCUT2D eigenvalue weighted by atomic mass is 9.90. The largest absolute Gasteiger partial charge is 0.497 e. The third-order valence-electron chi connectivity index (χ3n) is 3.83. The molecule has 4 nitrogen and oxygen atoms in total. The summed E-state index contributed by atoms with van der Waals surface area (Å²) in [4.78, 5) is 14.0. The Balaban J connectivity index is 3.05. The van der Waals surface area contributed by atoms with Crippen molar-refractivity contribution in [2.75, 3.05) is 20.2 Å². The minimum Gasteiger partial charge on any atom is -0.497 e. The molecule has 1 aromatic carbocycles. The highest BCUT2D eigenvalue weighted by Crippen LogP contribution is 2.24. The van der Waals surface area contributed by atoms with Crippen LogP contribution in [0.1, 0.15) is 39.2 Å². The van der Waals surface area contributed by atoms with Crippen molar-refractivity contribution in [2.45, 2.75) is 45.6 Å². The molecule has 0 aliphatic heterocycles. The van der Waals surface area contributed by atoms with Gasteiger partial charge < -0.3 is 9.84 Å². The fourth-order valence-corrected chi connectivity index (χ4v) is 2.65. The predicted molar refractivity (Wildman–Crippen MR) is 84.9 cm³/mol. The third-order valence-corrected chi connectivity index (χ3v) is 3.83. The van der Waals surface area contributed by atoms with Crippen LogP contribution in [0.2, 0.25) is 0 Å². The SMILES string of the molecule is CCCN(CCC)C(C)(Cc1cccc(OC)c1)C(=O)O. The van der Waals surface area contributed by atoms with E-state index in [4.69, 9.17) is 4.74 Å². The number of aliphatic carboxylic acids is 1. The number of hydrogen-bond acceptors (Lipinski definition) is 3. The molecule has 1 unspecified atom stereocenters. The molecule has 1 N–H and O–H groups in total. The maximum atomic E-state index is 11.9. The van der Waals surface area contributed by atoms with Crippen molar-refractivity contribution in [3.8, 4) is 5.75 Å².